The van der Waals surface area contributed by atoms with Crippen molar-refractivity contribution in [2.45, 2.75) is 96.8 Å². The molecular formula is C29H40F2O. The van der Waals surface area contributed by atoms with Crippen LogP contribution in [-0.4, -0.2) is 6.61 Å². The summed E-state index contributed by atoms with van der Waals surface area (Å²) >= 11 is 0. The van der Waals surface area contributed by atoms with E-state index in [9.17, 15) is 8.78 Å². The van der Waals surface area contributed by atoms with E-state index in [-0.39, 0.29) is 5.75 Å². The number of ether oxygens (including phenoxy) is 1. The van der Waals surface area contributed by atoms with Crippen molar-refractivity contribution in [3.05, 3.63) is 53.6 Å². The van der Waals surface area contributed by atoms with Gasteiger partial charge in [0, 0.05) is 5.56 Å². The molecule has 0 aromatic heterocycles. The van der Waals surface area contributed by atoms with Gasteiger partial charge in [-0.1, -0.05) is 83.1 Å². The third kappa shape index (κ3) is 6.80. The van der Waals surface area contributed by atoms with Crippen LogP contribution in [0.25, 0.3) is 11.1 Å². The van der Waals surface area contributed by atoms with Crippen LogP contribution in [0.1, 0.15) is 102 Å². The number of benzene rings is 2. The van der Waals surface area contributed by atoms with E-state index < -0.39 is 11.6 Å². The molecule has 0 saturated heterocycles. The molecule has 2 aromatic carbocycles. The minimum Gasteiger partial charge on any atom is -0.490 e. The van der Waals surface area contributed by atoms with Crippen molar-refractivity contribution in [2.75, 3.05) is 6.61 Å². The van der Waals surface area contributed by atoms with Crippen LogP contribution in [0.2, 0.25) is 0 Å². The van der Waals surface area contributed by atoms with Crippen LogP contribution in [0.5, 0.6) is 5.75 Å². The first-order valence-corrected chi connectivity index (χ1v) is 12.8. The summed E-state index contributed by atoms with van der Waals surface area (Å²) in [5.41, 5.74) is 2.34. The van der Waals surface area contributed by atoms with E-state index in [2.05, 4.69) is 26.0 Å². The third-order valence-electron chi connectivity index (χ3n) is 7.04. The molecule has 32 heavy (non-hydrogen) atoms. The van der Waals surface area contributed by atoms with E-state index in [1.807, 2.05) is 12.1 Å². The van der Waals surface area contributed by atoms with Gasteiger partial charge in [-0.15, -0.1) is 0 Å². The zero-order valence-corrected chi connectivity index (χ0v) is 20.0. The van der Waals surface area contributed by atoms with E-state index in [4.69, 9.17) is 4.74 Å². The summed E-state index contributed by atoms with van der Waals surface area (Å²) in [6, 6.07) is 11.3. The van der Waals surface area contributed by atoms with Gasteiger partial charge in [0.25, 0.3) is 0 Å². The van der Waals surface area contributed by atoms with E-state index in [0.29, 0.717) is 23.7 Å². The summed E-state index contributed by atoms with van der Waals surface area (Å²) in [5, 5.41) is 0. The summed E-state index contributed by atoms with van der Waals surface area (Å²) in [6.45, 7) is 4.88. The maximum Gasteiger partial charge on any atom is 0.201 e. The lowest BCUT2D eigenvalue weighted by Crippen LogP contribution is -2.13. The first-order chi connectivity index (χ1) is 15.6. The molecule has 1 saturated carbocycles. The SMILES string of the molecule is CCCCCCCCOc1ccc(-c2ccc(C3CCC(CCC)CC3)cc2)c(F)c1F. The smallest absolute Gasteiger partial charge is 0.201 e. The Bertz CT molecular complexity index is 807. The predicted molar refractivity (Wildman–Crippen MR) is 130 cm³/mol. The standard InChI is InChI=1S/C29H40F2O/c1-3-5-6-7-8-9-21-32-27-20-19-26(28(30)29(27)31)25-17-15-24(16-18-25)23-13-11-22(10-4-2)12-14-23/h15-20,22-23H,3-14,21H2,1-2H3. The van der Waals surface area contributed by atoms with Crippen LogP contribution in [0, 0.1) is 17.6 Å². The molecule has 0 amide bonds. The van der Waals surface area contributed by atoms with E-state index in [1.54, 1.807) is 12.1 Å². The molecule has 0 radical (unpaired) electrons. The Labute approximate surface area is 193 Å². The average Bonchev–Trinajstić information content (AvgIpc) is 2.82. The van der Waals surface area contributed by atoms with Crippen molar-refractivity contribution >= 4 is 0 Å². The predicted octanol–water partition coefficient (Wildman–Crippen LogP) is 9.44. The van der Waals surface area contributed by atoms with Crippen molar-refractivity contribution in [1.82, 2.24) is 0 Å². The van der Waals surface area contributed by atoms with Crippen molar-refractivity contribution in [1.29, 1.82) is 0 Å². The molecule has 0 heterocycles. The van der Waals surface area contributed by atoms with Crippen LogP contribution in [-0.2, 0) is 0 Å². The first kappa shape index (κ1) is 24.7. The van der Waals surface area contributed by atoms with Crippen molar-refractivity contribution < 1.29 is 13.5 Å². The normalized spacial score (nSPS) is 18.6. The van der Waals surface area contributed by atoms with E-state index >= 15 is 0 Å². The molecule has 1 aliphatic carbocycles. The van der Waals surface area contributed by atoms with Gasteiger partial charge in [-0.25, -0.2) is 4.39 Å². The fourth-order valence-corrected chi connectivity index (χ4v) is 5.06. The van der Waals surface area contributed by atoms with Gasteiger partial charge in [0.15, 0.2) is 11.6 Å². The largest absolute Gasteiger partial charge is 0.490 e. The van der Waals surface area contributed by atoms with Crippen LogP contribution in [0.15, 0.2) is 36.4 Å². The number of rotatable bonds is 12. The lowest BCUT2D eigenvalue weighted by Gasteiger charge is -2.28. The Kier molecular flexibility index (Phi) is 10.0. The van der Waals surface area contributed by atoms with Gasteiger partial charge >= 0.3 is 0 Å². The zero-order valence-electron chi connectivity index (χ0n) is 20.0. The highest BCUT2D eigenvalue weighted by Crippen LogP contribution is 2.38. The Hall–Kier alpha value is -1.90. The molecular weight excluding hydrogens is 402 g/mol. The van der Waals surface area contributed by atoms with Crippen LogP contribution in [0.4, 0.5) is 8.78 Å². The number of halogens is 2. The monoisotopic (exact) mass is 442 g/mol. The topological polar surface area (TPSA) is 9.23 Å². The van der Waals surface area contributed by atoms with E-state index in [0.717, 1.165) is 18.8 Å². The molecule has 1 fully saturated rings. The van der Waals surface area contributed by atoms with Gasteiger partial charge < -0.3 is 4.74 Å². The van der Waals surface area contributed by atoms with Gasteiger partial charge in [0.2, 0.25) is 5.82 Å². The van der Waals surface area contributed by atoms with Crippen LogP contribution < -0.4 is 4.74 Å². The molecule has 2 aromatic rings. The summed E-state index contributed by atoms with van der Waals surface area (Å²) in [7, 11) is 0. The summed E-state index contributed by atoms with van der Waals surface area (Å²) in [5.74, 6) is -0.212. The van der Waals surface area contributed by atoms with Crippen LogP contribution in [0.3, 0.4) is 0 Å². The van der Waals surface area contributed by atoms with Crippen LogP contribution >= 0.6 is 0 Å². The highest BCUT2D eigenvalue weighted by Gasteiger charge is 2.22. The summed E-state index contributed by atoms with van der Waals surface area (Å²) in [6.07, 6.45) is 14.5. The fraction of sp³-hybridized carbons (Fsp3) is 0.586. The fourth-order valence-electron chi connectivity index (χ4n) is 5.06. The molecule has 0 N–H and O–H groups in total. The summed E-state index contributed by atoms with van der Waals surface area (Å²) in [4.78, 5) is 0. The zero-order chi connectivity index (χ0) is 22.8. The van der Waals surface area contributed by atoms with Crippen molar-refractivity contribution in [3.8, 4) is 16.9 Å². The van der Waals surface area contributed by atoms with Gasteiger partial charge in [-0.05, 0) is 67.2 Å². The number of unbranched alkanes of at least 4 members (excludes halogenated alkanes) is 5. The lowest BCUT2D eigenvalue weighted by atomic mass is 9.77. The number of hydrogen-bond donors (Lipinski definition) is 0. The van der Waals surface area contributed by atoms with Gasteiger partial charge in [0.05, 0.1) is 6.61 Å². The second-order valence-corrected chi connectivity index (χ2v) is 9.48. The Morgan fingerprint density at radius 2 is 1.44 bits per heavy atom. The van der Waals surface area contributed by atoms with Gasteiger partial charge in [-0.2, -0.15) is 4.39 Å². The molecule has 3 heteroatoms. The average molecular weight is 443 g/mol. The maximum absolute atomic E-state index is 14.8. The Morgan fingerprint density at radius 3 is 2.12 bits per heavy atom. The molecule has 0 unspecified atom stereocenters. The lowest BCUT2D eigenvalue weighted by molar-refractivity contribution is 0.285. The molecule has 0 aliphatic heterocycles. The Morgan fingerprint density at radius 1 is 0.750 bits per heavy atom. The third-order valence-corrected chi connectivity index (χ3v) is 7.04. The highest BCUT2D eigenvalue weighted by atomic mass is 19.2. The molecule has 3 rings (SSSR count). The summed E-state index contributed by atoms with van der Waals surface area (Å²) < 4.78 is 34.9. The number of hydrogen-bond acceptors (Lipinski definition) is 1. The second-order valence-electron chi connectivity index (χ2n) is 9.48. The molecule has 0 bridgehead atoms. The molecule has 1 aliphatic rings. The Balaban J connectivity index is 1.55. The van der Waals surface area contributed by atoms with Gasteiger partial charge in [-0.3, -0.25) is 0 Å². The van der Waals surface area contributed by atoms with Gasteiger partial charge in [0.1, 0.15) is 0 Å². The van der Waals surface area contributed by atoms with Crippen molar-refractivity contribution in [3.63, 3.8) is 0 Å². The highest BCUT2D eigenvalue weighted by molar-refractivity contribution is 5.65. The molecule has 1 nitrogen and oxygen atoms in total. The van der Waals surface area contributed by atoms with Crippen molar-refractivity contribution in [2.24, 2.45) is 5.92 Å². The molecule has 0 spiro atoms. The minimum absolute atomic E-state index is 0.0141. The molecule has 176 valence electrons. The molecule has 0 atom stereocenters. The quantitative estimate of drug-likeness (QED) is 0.297. The first-order valence-electron chi connectivity index (χ1n) is 12.8. The maximum atomic E-state index is 14.8. The van der Waals surface area contributed by atoms with E-state index in [1.165, 1.54) is 69.8 Å². The minimum atomic E-state index is -0.883. The second kappa shape index (κ2) is 13.0.